The van der Waals surface area contributed by atoms with E-state index in [1.165, 1.54) is 19.1 Å². The Labute approximate surface area is 120 Å². The molecule has 1 saturated carbocycles. The summed E-state index contributed by atoms with van der Waals surface area (Å²) in [6.07, 6.45) is -0.384. The first-order valence-electron chi connectivity index (χ1n) is 6.70. The van der Waals surface area contributed by atoms with Crippen LogP contribution in [-0.2, 0) is 14.4 Å². The Kier molecular flexibility index (Phi) is 2.93. The van der Waals surface area contributed by atoms with Gasteiger partial charge in [0.25, 0.3) is 0 Å². The maximum absolute atomic E-state index is 12.4. The minimum absolute atomic E-state index is 0.248. The standard InChI is InChI=1S/C16H12O5/c1-7-10(17)6-11(18)12(14(7)19)13-15(20)8-4-2-3-5-9(8)16(13)21/h2-5,7,12-13H,6H2,1H3. The van der Waals surface area contributed by atoms with Crippen LogP contribution in [0.15, 0.2) is 24.3 Å². The van der Waals surface area contributed by atoms with Crippen LogP contribution in [0.5, 0.6) is 0 Å². The van der Waals surface area contributed by atoms with Crippen molar-refractivity contribution in [3.05, 3.63) is 35.4 Å². The molecule has 0 radical (unpaired) electrons. The van der Waals surface area contributed by atoms with Crippen molar-refractivity contribution >= 4 is 28.9 Å². The molecule has 0 aliphatic heterocycles. The third kappa shape index (κ3) is 1.81. The quantitative estimate of drug-likeness (QED) is 0.719. The molecule has 2 aliphatic rings. The molecule has 1 fully saturated rings. The van der Waals surface area contributed by atoms with Gasteiger partial charge in [0.1, 0.15) is 11.7 Å². The average Bonchev–Trinajstić information content (AvgIpc) is 2.71. The zero-order chi connectivity index (χ0) is 15.3. The fourth-order valence-corrected chi connectivity index (χ4v) is 3.04. The fourth-order valence-electron chi connectivity index (χ4n) is 3.04. The molecule has 0 saturated heterocycles. The Bertz CT molecular complexity index is 680. The van der Waals surface area contributed by atoms with E-state index in [2.05, 4.69) is 0 Å². The molecule has 0 N–H and O–H groups in total. The van der Waals surface area contributed by atoms with Crippen LogP contribution < -0.4 is 0 Å². The molecule has 2 unspecified atom stereocenters. The molecular weight excluding hydrogens is 272 g/mol. The third-order valence-corrected chi connectivity index (χ3v) is 4.27. The van der Waals surface area contributed by atoms with Gasteiger partial charge in [-0.15, -0.1) is 0 Å². The van der Waals surface area contributed by atoms with Gasteiger partial charge in [-0.3, -0.25) is 24.0 Å². The fraction of sp³-hybridized carbons (Fsp3) is 0.312. The van der Waals surface area contributed by atoms with Crippen LogP contribution in [0.25, 0.3) is 0 Å². The van der Waals surface area contributed by atoms with E-state index in [0.717, 1.165) is 0 Å². The van der Waals surface area contributed by atoms with E-state index in [0.29, 0.717) is 0 Å². The summed E-state index contributed by atoms with van der Waals surface area (Å²) < 4.78 is 0. The largest absolute Gasteiger partial charge is 0.298 e. The second-order valence-electron chi connectivity index (χ2n) is 5.46. The van der Waals surface area contributed by atoms with E-state index < -0.39 is 46.7 Å². The Hall–Kier alpha value is -2.43. The van der Waals surface area contributed by atoms with E-state index in [1.807, 2.05) is 0 Å². The van der Waals surface area contributed by atoms with Crippen molar-refractivity contribution in [2.24, 2.45) is 17.8 Å². The van der Waals surface area contributed by atoms with Gasteiger partial charge in [-0.1, -0.05) is 24.3 Å². The predicted octanol–water partition coefficient (Wildman–Crippen LogP) is 1.05. The van der Waals surface area contributed by atoms with Crippen LogP contribution in [0.2, 0.25) is 0 Å². The van der Waals surface area contributed by atoms with Gasteiger partial charge in [0.2, 0.25) is 0 Å². The number of hydrogen-bond donors (Lipinski definition) is 0. The molecule has 2 atom stereocenters. The van der Waals surface area contributed by atoms with Crippen LogP contribution in [0.4, 0.5) is 0 Å². The average molecular weight is 284 g/mol. The van der Waals surface area contributed by atoms with Gasteiger partial charge in [0, 0.05) is 11.1 Å². The van der Waals surface area contributed by atoms with Crippen molar-refractivity contribution in [3.8, 4) is 0 Å². The summed E-state index contributed by atoms with van der Waals surface area (Å²) in [6.45, 7) is 1.42. The van der Waals surface area contributed by atoms with Crippen LogP contribution in [-0.4, -0.2) is 28.9 Å². The molecule has 5 nitrogen and oxygen atoms in total. The van der Waals surface area contributed by atoms with Gasteiger partial charge < -0.3 is 0 Å². The normalized spacial score (nSPS) is 26.4. The topological polar surface area (TPSA) is 85.3 Å². The summed E-state index contributed by atoms with van der Waals surface area (Å²) in [5.74, 6) is -6.22. The molecule has 1 aromatic rings. The second-order valence-corrected chi connectivity index (χ2v) is 5.46. The van der Waals surface area contributed by atoms with Gasteiger partial charge in [0.05, 0.1) is 18.3 Å². The highest BCUT2D eigenvalue weighted by molar-refractivity contribution is 6.33. The van der Waals surface area contributed by atoms with Crippen molar-refractivity contribution in [1.82, 2.24) is 0 Å². The molecule has 21 heavy (non-hydrogen) atoms. The van der Waals surface area contributed by atoms with Gasteiger partial charge in [0.15, 0.2) is 23.1 Å². The Morgan fingerprint density at radius 3 is 1.86 bits per heavy atom. The number of fused-ring (bicyclic) bond motifs is 1. The third-order valence-electron chi connectivity index (χ3n) is 4.27. The van der Waals surface area contributed by atoms with Crippen LogP contribution in [0, 0.1) is 17.8 Å². The van der Waals surface area contributed by atoms with Gasteiger partial charge in [-0.25, -0.2) is 0 Å². The van der Waals surface area contributed by atoms with E-state index >= 15 is 0 Å². The monoisotopic (exact) mass is 284 g/mol. The highest BCUT2D eigenvalue weighted by atomic mass is 16.2. The van der Waals surface area contributed by atoms with Crippen molar-refractivity contribution in [2.45, 2.75) is 13.3 Å². The molecule has 1 aromatic carbocycles. The first-order chi connectivity index (χ1) is 9.93. The molecule has 2 aliphatic carbocycles. The second kappa shape index (κ2) is 4.55. The van der Waals surface area contributed by atoms with Gasteiger partial charge in [-0.05, 0) is 6.92 Å². The predicted molar refractivity (Wildman–Crippen MR) is 70.9 cm³/mol. The van der Waals surface area contributed by atoms with E-state index in [9.17, 15) is 24.0 Å². The first kappa shape index (κ1) is 13.5. The SMILES string of the molecule is CC1C(=O)CC(=O)C(C2C(=O)c3ccccc3C2=O)C1=O. The Morgan fingerprint density at radius 1 is 0.810 bits per heavy atom. The number of ketones is 5. The maximum atomic E-state index is 12.4. The van der Waals surface area contributed by atoms with Gasteiger partial charge >= 0.3 is 0 Å². The lowest BCUT2D eigenvalue weighted by Gasteiger charge is -2.26. The zero-order valence-electron chi connectivity index (χ0n) is 11.3. The summed E-state index contributed by atoms with van der Waals surface area (Å²) in [4.78, 5) is 60.6. The molecular formula is C16H12O5. The molecule has 0 spiro atoms. The first-order valence-corrected chi connectivity index (χ1v) is 6.70. The lowest BCUT2D eigenvalue weighted by Crippen LogP contribution is -2.46. The number of carbonyl (C=O) groups is 5. The van der Waals surface area contributed by atoms with Crippen LogP contribution in [0.1, 0.15) is 34.1 Å². The number of carbonyl (C=O) groups excluding carboxylic acids is 5. The molecule has 5 heteroatoms. The van der Waals surface area contributed by atoms with Gasteiger partial charge in [-0.2, -0.15) is 0 Å². The summed E-state index contributed by atoms with van der Waals surface area (Å²) >= 11 is 0. The summed E-state index contributed by atoms with van der Waals surface area (Å²) in [6, 6.07) is 6.29. The lowest BCUT2D eigenvalue weighted by molar-refractivity contribution is -0.145. The smallest absolute Gasteiger partial charge is 0.175 e. The van der Waals surface area contributed by atoms with E-state index in [1.54, 1.807) is 12.1 Å². The van der Waals surface area contributed by atoms with Crippen molar-refractivity contribution in [1.29, 1.82) is 0 Å². The molecule has 0 amide bonds. The Balaban J connectivity index is 2.04. The highest BCUT2D eigenvalue weighted by Gasteiger charge is 2.52. The van der Waals surface area contributed by atoms with Crippen LogP contribution in [0.3, 0.4) is 0 Å². The van der Waals surface area contributed by atoms with Crippen molar-refractivity contribution < 1.29 is 24.0 Å². The molecule has 0 heterocycles. The molecule has 106 valence electrons. The summed E-state index contributed by atoms with van der Waals surface area (Å²) in [5.41, 5.74) is 0.496. The minimum Gasteiger partial charge on any atom is -0.298 e. The molecule has 0 aromatic heterocycles. The molecule has 3 rings (SSSR count). The minimum atomic E-state index is -1.31. The summed E-state index contributed by atoms with van der Waals surface area (Å²) in [5, 5.41) is 0. The maximum Gasteiger partial charge on any atom is 0.175 e. The number of benzene rings is 1. The van der Waals surface area contributed by atoms with Crippen molar-refractivity contribution in [3.63, 3.8) is 0 Å². The zero-order valence-corrected chi connectivity index (χ0v) is 11.3. The van der Waals surface area contributed by atoms with E-state index in [4.69, 9.17) is 0 Å². The summed E-state index contributed by atoms with van der Waals surface area (Å²) in [7, 11) is 0. The Morgan fingerprint density at radius 2 is 1.33 bits per heavy atom. The lowest BCUT2D eigenvalue weighted by atomic mass is 9.71. The number of Topliss-reactive ketones (excluding diaryl/α,β-unsaturated/α-hetero) is 5. The number of rotatable bonds is 1. The highest BCUT2D eigenvalue weighted by Crippen LogP contribution is 2.36. The molecule has 0 bridgehead atoms. The number of hydrogen-bond acceptors (Lipinski definition) is 5. The van der Waals surface area contributed by atoms with Crippen molar-refractivity contribution in [2.75, 3.05) is 0 Å². The van der Waals surface area contributed by atoms with Crippen LogP contribution >= 0.6 is 0 Å². The van der Waals surface area contributed by atoms with E-state index in [-0.39, 0.29) is 17.5 Å².